The number of anilines is 1. The van der Waals surface area contributed by atoms with Crippen molar-refractivity contribution in [2.24, 2.45) is 0 Å². The van der Waals surface area contributed by atoms with Gasteiger partial charge in [0.25, 0.3) is 0 Å². The summed E-state index contributed by atoms with van der Waals surface area (Å²) in [6.07, 6.45) is -4.59. The zero-order chi connectivity index (χ0) is 14.8. The first-order valence-electron chi connectivity index (χ1n) is 5.46. The van der Waals surface area contributed by atoms with Crippen molar-refractivity contribution in [1.29, 1.82) is 0 Å². The number of nitrogens with zero attached hydrogens (tertiary/aromatic N) is 1. The number of alkyl halides is 3. The van der Waals surface area contributed by atoms with Gasteiger partial charge in [0, 0.05) is 13.1 Å². The Labute approximate surface area is 108 Å². The van der Waals surface area contributed by atoms with Gasteiger partial charge in [-0.05, 0) is 25.1 Å². The van der Waals surface area contributed by atoms with Crippen LogP contribution in [-0.4, -0.2) is 35.9 Å². The Bertz CT molecular complexity index is 474. The first kappa shape index (κ1) is 15.3. The lowest BCUT2D eigenvalue weighted by Gasteiger charge is -2.27. The van der Waals surface area contributed by atoms with Crippen molar-refractivity contribution in [3.63, 3.8) is 0 Å². The van der Waals surface area contributed by atoms with Crippen molar-refractivity contribution in [2.75, 3.05) is 18.6 Å². The van der Waals surface area contributed by atoms with Crippen molar-refractivity contribution in [3.8, 4) is 0 Å². The molecule has 1 atom stereocenters. The summed E-state index contributed by atoms with van der Waals surface area (Å²) in [4.78, 5) is 12.5. The van der Waals surface area contributed by atoms with Gasteiger partial charge >= 0.3 is 12.1 Å². The molecular formula is C12H14F3NO3. The van der Waals surface area contributed by atoms with Gasteiger partial charge in [-0.15, -0.1) is 0 Å². The zero-order valence-corrected chi connectivity index (χ0v) is 10.4. The van der Waals surface area contributed by atoms with Crippen molar-refractivity contribution in [3.05, 3.63) is 29.3 Å². The Morgan fingerprint density at radius 1 is 1.42 bits per heavy atom. The summed E-state index contributed by atoms with van der Waals surface area (Å²) in [6.45, 7) is 1.39. The van der Waals surface area contributed by atoms with Crippen LogP contribution < -0.4 is 4.90 Å². The molecule has 19 heavy (non-hydrogen) atoms. The fourth-order valence-corrected chi connectivity index (χ4v) is 1.55. The maximum atomic E-state index is 12.5. The standard InChI is InChI=1S/C12H14F3NO3/c1-7(6-17)16(2)10-4-3-8(12(13,14)15)5-9(10)11(18)19/h3-5,7,17H,6H2,1-2H3,(H,18,19). The van der Waals surface area contributed by atoms with E-state index in [0.717, 1.165) is 12.1 Å². The maximum absolute atomic E-state index is 12.5. The topological polar surface area (TPSA) is 60.8 Å². The summed E-state index contributed by atoms with van der Waals surface area (Å²) in [5.74, 6) is -1.45. The number of carboxylic acids is 1. The molecular weight excluding hydrogens is 263 g/mol. The van der Waals surface area contributed by atoms with Gasteiger partial charge in [0.1, 0.15) is 0 Å². The molecule has 0 aliphatic heterocycles. The molecule has 0 aromatic heterocycles. The number of rotatable bonds is 4. The number of benzene rings is 1. The predicted molar refractivity (Wildman–Crippen MR) is 63.4 cm³/mol. The monoisotopic (exact) mass is 277 g/mol. The SMILES string of the molecule is CC(CO)N(C)c1ccc(C(F)(F)F)cc1C(=O)O. The van der Waals surface area contributed by atoms with E-state index < -0.39 is 29.3 Å². The minimum Gasteiger partial charge on any atom is -0.478 e. The summed E-state index contributed by atoms with van der Waals surface area (Å²) < 4.78 is 37.6. The van der Waals surface area contributed by atoms with Crippen molar-refractivity contribution in [2.45, 2.75) is 19.1 Å². The lowest BCUT2D eigenvalue weighted by atomic mass is 10.1. The van der Waals surface area contributed by atoms with E-state index in [1.54, 1.807) is 6.92 Å². The second-order valence-corrected chi connectivity index (χ2v) is 4.18. The third kappa shape index (κ3) is 3.37. The van der Waals surface area contributed by atoms with E-state index in [1.807, 2.05) is 0 Å². The molecule has 0 heterocycles. The molecule has 4 nitrogen and oxygen atoms in total. The highest BCUT2D eigenvalue weighted by Crippen LogP contribution is 2.33. The average molecular weight is 277 g/mol. The molecule has 106 valence electrons. The summed E-state index contributed by atoms with van der Waals surface area (Å²) >= 11 is 0. The van der Waals surface area contributed by atoms with Crippen molar-refractivity contribution in [1.82, 2.24) is 0 Å². The predicted octanol–water partition coefficient (Wildman–Crippen LogP) is 2.22. The van der Waals surface area contributed by atoms with E-state index in [0.29, 0.717) is 6.07 Å². The van der Waals surface area contributed by atoms with Crippen LogP contribution in [0.5, 0.6) is 0 Å². The van der Waals surface area contributed by atoms with E-state index in [2.05, 4.69) is 0 Å². The molecule has 7 heteroatoms. The number of aliphatic hydroxyl groups is 1. The van der Waals surface area contributed by atoms with Gasteiger partial charge in [-0.1, -0.05) is 0 Å². The number of hydrogen-bond acceptors (Lipinski definition) is 3. The smallest absolute Gasteiger partial charge is 0.416 e. The van der Waals surface area contributed by atoms with E-state index in [-0.39, 0.29) is 12.3 Å². The number of aliphatic hydroxyl groups excluding tert-OH is 1. The van der Waals surface area contributed by atoms with Crippen LogP contribution in [0, 0.1) is 0 Å². The fourth-order valence-electron chi connectivity index (χ4n) is 1.55. The molecule has 0 saturated carbocycles. The Hall–Kier alpha value is -1.76. The van der Waals surface area contributed by atoms with Gasteiger partial charge < -0.3 is 15.1 Å². The Morgan fingerprint density at radius 3 is 2.42 bits per heavy atom. The highest BCUT2D eigenvalue weighted by Gasteiger charge is 2.32. The van der Waals surface area contributed by atoms with E-state index in [4.69, 9.17) is 10.2 Å². The van der Waals surface area contributed by atoms with Gasteiger partial charge in [-0.2, -0.15) is 13.2 Å². The number of carbonyl (C=O) groups is 1. The Kier molecular flexibility index (Phi) is 4.41. The highest BCUT2D eigenvalue weighted by atomic mass is 19.4. The fraction of sp³-hybridized carbons (Fsp3) is 0.417. The van der Waals surface area contributed by atoms with E-state index in [1.165, 1.54) is 11.9 Å². The summed E-state index contributed by atoms with van der Waals surface area (Å²) in [6, 6.07) is 2.11. The second-order valence-electron chi connectivity index (χ2n) is 4.18. The van der Waals surface area contributed by atoms with Crippen LogP contribution in [0.15, 0.2) is 18.2 Å². The molecule has 0 bridgehead atoms. The van der Waals surface area contributed by atoms with Gasteiger partial charge in [-0.25, -0.2) is 4.79 Å². The number of aromatic carboxylic acids is 1. The third-order valence-electron chi connectivity index (χ3n) is 2.86. The largest absolute Gasteiger partial charge is 0.478 e. The average Bonchev–Trinajstić information content (AvgIpc) is 2.35. The number of halogens is 3. The molecule has 0 radical (unpaired) electrons. The third-order valence-corrected chi connectivity index (χ3v) is 2.86. The van der Waals surface area contributed by atoms with Crippen LogP contribution in [-0.2, 0) is 6.18 Å². The Balaban J connectivity index is 3.31. The molecule has 0 aliphatic carbocycles. The molecule has 1 unspecified atom stereocenters. The molecule has 0 fully saturated rings. The summed E-state index contributed by atoms with van der Waals surface area (Å²) in [7, 11) is 1.51. The zero-order valence-electron chi connectivity index (χ0n) is 10.4. The van der Waals surface area contributed by atoms with E-state index in [9.17, 15) is 18.0 Å². The molecule has 2 N–H and O–H groups in total. The lowest BCUT2D eigenvalue weighted by Crippen LogP contribution is -2.33. The Morgan fingerprint density at radius 2 is 2.00 bits per heavy atom. The van der Waals surface area contributed by atoms with Gasteiger partial charge in [0.15, 0.2) is 0 Å². The van der Waals surface area contributed by atoms with Gasteiger partial charge in [-0.3, -0.25) is 0 Å². The second kappa shape index (κ2) is 5.48. The van der Waals surface area contributed by atoms with Crippen LogP contribution in [0.4, 0.5) is 18.9 Å². The molecule has 0 spiro atoms. The minimum atomic E-state index is -4.59. The molecule has 1 aromatic carbocycles. The molecule has 1 aromatic rings. The van der Waals surface area contributed by atoms with Crippen LogP contribution in [0.25, 0.3) is 0 Å². The van der Waals surface area contributed by atoms with Crippen LogP contribution in [0.3, 0.4) is 0 Å². The summed E-state index contributed by atoms with van der Waals surface area (Å²) in [5, 5.41) is 18.0. The first-order chi connectivity index (χ1) is 8.68. The summed E-state index contributed by atoms with van der Waals surface area (Å²) in [5.41, 5.74) is -1.33. The van der Waals surface area contributed by atoms with E-state index >= 15 is 0 Å². The van der Waals surface area contributed by atoms with Crippen LogP contribution in [0.1, 0.15) is 22.8 Å². The van der Waals surface area contributed by atoms with Crippen LogP contribution in [0.2, 0.25) is 0 Å². The van der Waals surface area contributed by atoms with Crippen LogP contribution >= 0.6 is 0 Å². The number of hydrogen-bond donors (Lipinski definition) is 2. The molecule has 1 rings (SSSR count). The van der Waals surface area contributed by atoms with Crippen molar-refractivity contribution < 1.29 is 28.2 Å². The highest BCUT2D eigenvalue weighted by molar-refractivity contribution is 5.94. The number of carboxylic acid groups (broad SMARTS) is 1. The minimum absolute atomic E-state index is 0.127. The lowest BCUT2D eigenvalue weighted by molar-refractivity contribution is -0.137. The first-order valence-corrected chi connectivity index (χ1v) is 5.46. The van der Waals surface area contributed by atoms with Crippen molar-refractivity contribution >= 4 is 11.7 Å². The molecule has 0 saturated heterocycles. The number of likely N-dealkylation sites (N-methyl/N-ethyl adjacent to an activating group) is 1. The van der Waals surface area contributed by atoms with Gasteiger partial charge in [0.2, 0.25) is 0 Å². The molecule has 0 aliphatic rings. The normalized spacial score (nSPS) is 13.2. The quantitative estimate of drug-likeness (QED) is 0.886. The maximum Gasteiger partial charge on any atom is 0.416 e. The van der Waals surface area contributed by atoms with Gasteiger partial charge in [0.05, 0.1) is 23.4 Å². The molecule has 0 amide bonds.